The summed E-state index contributed by atoms with van der Waals surface area (Å²) in [5.74, 6) is -0.347. The number of nitrogens with one attached hydrogen (secondary N) is 2. The van der Waals surface area contributed by atoms with Crippen LogP contribution in [0.3, 0.4) is 0 Å². The van der Waals surface area contributed by atoms with Crippen LogP contribution in [0.2, 0.25) is 0 Å². The highest BCUT2D eigenvalue weighted by Crippen LogP contribution is 2.00. The fourth-order valence-corrected chi connectivity index (χ4v) is 1.87. The molecule has 5 heteroatoms. The Balaban J connectivity index is 2.53. The molecule has 104 valence electrons. The molecule has 0 saturated carbocycles. The second-order valence-corrected chi connectivity index (χ2v) is 4.28. The number of rotatable bonds is 7. The van der Waals surface area contributed by atoms with E-state index in [1.165, 1.54) is 4.90 Å². The highest BCUT2D eigenvalue weighted by molar-refractivity contribution is 6.45. The lowest BCUT2D eigenvalue weighted by atomic mass is 10.1. The third-order valence-corrected chi connectivity index (χ3v) is 3.13. The van der Waals surface area contributed by atoms with Gasteiger partial charge in [-0.1, -0.05) is 35.5 Å². The molecule has 0 aliphatic rings. The maximum Gasteiger partial charge on any atom is 0.274 e. The number of carbonyl (C=O) groups is 1. The van der Waals surface area contributed by atoms with Gasteiger partial charge in [0.15, 0.2) is 5.71 Å². The molecule has 19 heavy (non-hydrogen) atoms. The molecule has 0 aliphatic heterocycles. The molecule has 0 saturated heterocycles. The summed E-state index contributed by atoms with van der Waals surface area (Å²) in [6, 6.07) is 8.93. The first-order chi connectivity index (χ1) is 9.22. The Morgan fingerprint density at radius 1 is 1.26 bits per heavy atom. The summed E-state index contributed by atoms with van der Waals surface area (Å²) >= 11 is 0. The number of hydrogen-bond acceptors (Lipinski definition) is 3. The normalized spacial score (nSPS) is 11.6. The molecule has 0 heterocycles. The molecule has 0 bridgehead atoms. The Kier molecular flexibility index (Phi) is 6.60. The summed E-state index contributed by atoms with van der Waals surface area (Å²) in [5, 5.41) is 14.8. The van der Waals surface area contributed by atoms with Gasteiger partial charge in [0.25, 0.3) is 5.91 Å². The van der Waals surface area contributed by atoms with Crippen molar-refractivity contribution in [2.45, 2.75) is 13.8 Å². The van der Waals surface area contributed by atoms with E-state index in [1.54, 1.807) is 24.3 Å². The Hall–Kier alpha value is -1.88. The van der Waals surface area contributed by atoms with Gasteiger partial charge in [0.2, 0.25) is 0 Å². The fourth-order valence-electron chi connectivity index (χ4n) is 1.87. The van der Waals surface area contributed by atoms with Crippen LogP contribution in [-0.2, 0) is 4.79 Å². The van der Waals surface area contributed by atoms with Crippen LogP contribution >= 0.6 is 0 Å². The standard InChI is InChI=1S/C14H21N3O2/c1-3-17(4-2)11-10-15-14(18)13(16-19)12-8-6-5-7-9-12/h5-9,19H,3-4,10-11H2,1-2H3,(H,15,18)/p+1/b16-13+. The SMILES string of the molecule is CC[NH+](CC)CCNC(=O)/C(=N/O)c1ccccc1. The maximum atomic E-state index is 11.9. The van der Waals surface area contributed by atoms with Gasteiger partial charge in [0, 0.05) is 5.56 Å². The number of likely N-dealkylation sites (N-methyl/N-ethyl adjacent to an activating group) is 1. The Morgan fingerprint density at radius 2 is 1.89 bits per heavy atom. The molecule has 1 aromatic rings. The predicted octanol–water partition coefficient (Wildman–Crippen LogP) is -0.0942. The molecular weight excluding hydrogens is 242 g/mol. The van der Waals surface area contributed by atoms with Crippen LogP contribution in [0.25, 0.3) is 0 Å². The second kappa shape index (κ2) is 8.26. The lowest BCUT2D eigenvalue weighted by Gasteiger charge is -2.15. The molecule has 0 fully saturated rings. The molecule has 1 aromatic carbocycles. The molecule has 0 aliphatic carbocycles. The van der Waals surface area contributed by atoms with E-state index in [0.29, 0.717) is 12.1 Å². The highest BCUT2D eigenvalue weighted by atomic mass is 16.4. The zero-order valence-corrected chi connectivity index (χ0v) is 11.5. The van der Waals surface area contributed by atoms with Crippen LogP contribution in [-0.4, -0.2) is 43.0 Å². The molecule has 0 spiro atoms. The Labute approximate surface area is 113 Å². The van der Waals surface area contributed by atoms with E-state index in [0.717, 1.165) is 19.6 Å². The van der Waals surface area contributed by atoms with E-state index in [4.69, 9.17) is 5.21 Å². The van der Waals surface area contributed by atoms with Crippen molar-refractivity contribution in [3.05, 3.63) is 35.9 Å². The fraction of sp³-hybridized carbons (Fsp3) is 0.429. The van der Waals surface area contributed by atoms with Gasteiger partial charge < -0.3 is 15.4 Å². The number of quaternary nitrogens is 1. The van der Waals surface area contributed by atoms with E-state index in [-0.39, 0.29) is 11.6 Å². The van der Waals surface area contributed by atoms with Crippen LogP contribution in [0.4, 0.5) is 0 Å². The quantitative estimate of drug-likeness (QED) is 0.366. The van der Waals surface area contributed by atoms with E-state index >= 15 is 0 Å². The summed E-state index contributed by atoms with van der Waals surface area (Å²) in [6.07, 6.45) is 0. The maximum absolute atomic E-state index is 11.9. The number of benzene rings is 1. The first-order valence-electron chi connectivity index (χ1n) is 6.62. The van der Waals surface area contributed by atoms with Crippen LogP contribution < -0.4 is 10.2 Å². The average molecular weight is 264 g/mol. The van der Waals surface area contributed by atoms with Gasteiger partial charge >= 0.3 is 0 Å². The van der Waals surface area contributed by atoms with Gasteiger partial charge in [-0.05, 0) is 13.8 Å². The molecule has 1 rings (SSSR count). The zero-order chi connectivity index (χ0) is 14.1. The van der Waals surface area contributed by atoms with Crippen LogP contribution in [0.15, 0.2) is 35.5 Å². The van der Waals surface area contributed by atoms with Crippen LogP contribution in [0.5, 0.6) is 0 Å². The van der Waals surface area contributed by atoms with Gasteiger partial charge in [-0.25, -0.2) is 0 Å². The summed E-state index contributed by atoms with van der Waals surface area (Å²) < 4.78 is 0. The van der Waals surface area contributed by atoms with Gasteiger partial charge in [0.05, 0.1) is 26.2 Å². The van der Waals surface area contributed by atoms with Crippen molar-refractivity contribution in [1.29, 1.82) is 0 Å². The first-order valence-corrected chi connectivity index (χ1v) is 6.62. The molecule has 0 atom stereocenters. The monoisotopic (exact) mass is 264 g/mol. The van der Waals surface area contributed by atoms with Gasteiger partial charge in [-0.3, -0.25) is 4.79 Å². The minimum absolute atomic E-state index is 0.0511. The van der Waals surface area contributed by atoms with Crippen molar-refractivity contribution in [3.63, 3.8) is 0 Å². The largest absolute Gasteiger partial charge is 0.410 e. The van der Waals surface area contributed by atoms with E-state index in [9.17, 15) is 4.79 Å². The zero-order valence-electron chi connectivity index (χ0n) is 11.5. The highest BCUT2D eigenvalue weighted by Gasteiger charge is 2.14. The van der Waals surface area contributed by atoms with Crippen molar-refractivity contribution in [2.75, 3.05) is 26.2 Å². The van der Waals surface area contributed by atoms with E-state index < -0.39 is 0 Å². The lowest BCUT2D eigenvalue weighted by Crippen LogP contribution is -3.12. The van der Waals surface area contributed by atoms with Crippen molar-refractivity contribution < 1.29 is 14.9 Å². The molecule has 5 nitrogen and oxygen atoms in total. The third kappa shape index (κ3) is 4.71. The van der Waals surface area contributed by atoms with Crippen LogP contribution in [0, 0.1) is 0 Å². The number of amides is 1. The number of oxime groups is 1. The Bertz CT molecular complexity index is 414. The average Bonchev–Trinajstić information content (AvgIpc) is 2.45. The molecule has 3 N–H and O–H groups in total. The minimum atomic E-state index is -0.347. The van der Waals surface area contributed by atoms with Crippen molar-refractivity contribution in [2.24, 2.45) is 5.16 Å². The number of carbonyl (C=O) groups excluding carboxylic acids is 1. The predicted molar refractivity (Wildman–Crippen MR) is 74.7 cm³/mol. The topological polar surface area (TPSA) is 66.1 Å². The first kappa shape index (κ1) is 15.2. The molecule has 0 radical (unpaired) electrons. The Morgan fingerprint density at radius 3 is 2.42 bits per heavy atom. The van der Waals surface area contributed by atoms with E-state index in [2.05, 4.69) is 24.3 Å². The van der Waals surface area contributed by atoms with Gasteiger partial charge in [0.1, 0.15) is 0 Å². The summed E-state index contributed by atoms with van der Waals surface area (Å²) in [6.45, 7) is 7.74. The van der Waals surface area contributed by atoms with Crippen molar-refractivity contribution >= 4 is 11.6 Å². The molecule has 0 aromatic heterocycles. The second-order valence-electron chi connectivity index (χ2n) is 4.28. The molecule has 0 unspecified atom stereocenters. The minimum Gasteiger partial charge on any atom is -0.410 e. The van der Waals surface area contributed by atoms with Crippen LogP contribution in [0.1, 0.15) is 19.4 Å². The number of nitrogens with zero attached hydrogens (tertiary/aromatic N) is 1. The van der Waals surface area contributed by atoms with Gasteiger partial charge in [-0.2, -0.15) is 0 Å². The summed E-state index contributed by atoms with van der Waals surface area (Å²) in [5.41, 5.74) is 0.660. The smallest absolute Gasteiger partial charge is 0.274 e. The molecule has 1 amide bonds. The van der Waals surface area contributed by atoms with Crippen molar-refractivity contribution in [3.8, 4) is 0 Å². The van der Waals surface area contributed by atoms with Crippen molar-refractivity contribution in [1.82, 2.24) is 5.32 Å². The third-order valence-electron chi connectivity index (χ3n) is 3.13. The summed E-state index contributed by atoms with van der Waals surface area (Å²) in [4.78, 5) is 13.3. The number of hydrogen-bond donors (Lipinski definition) is 3. The lowest BCUT2D eigenvalue weighted by molar-refractivity contribution is -0.895. The van der Waals surface area contributed by atoms with Gasteiger partial charge in [-0.15, -0.1) is 0 Å². The summed E-state index contributed by atoms with van der Waals surface area (Å²) in [7, 11) is 0. The van der Waals surface area contributed by atoms with E-state index in [1.807, 2.05) is 6.07 Å². The molecular formula is C14H22N3O2+.